The number of hydrogen-bond acceptors (Lipinski definition) is 4. The highest BCUT2D eigenvalue weighted by Gasteiger charge is 2.10. The van der Waals surface area contributed by atoms with Crippen LogP contribution in [-0.2, 0) is 17.8 Å². The number of carbonyl (C=O) groups excluding carboxylic acids is 1. The molecule has 0 unspecified atom stereocenters. The normalized spacial score (nSPS) is 10.5. The van der Waals surface area contributed by atoms with E-state index < -0.39 is 0 Å². The van der Waals surface area contributed by atoms with Gasteiger partial charge < -0.3 is 9.73 Å². The maximum absolute atomic E-state index is 13.1. The highest BCUT2D eigenvalue weighted by molar-refractivity contribution is 5.76. The summed E-state index contributed by atoms with van der Waals surface area (Å²) in [5.41, 5.74) is 1.55. The van der Waals surface area contributed by atoms with Crippen LogP contribution in [0.4, 0.5) is 4.39 Å². The Morgan fingerprint density at radius 3 is 2.71 bits per heavy atom. The second-order valence-corrected chi connectivity index (χ2v) is 5.27. The predicted octanol–water partition coefficient (Wildman–Crippen LogP) is 3.12. The third kappa shape index (κ3) is 4.25. The Kier molecular flexibility index (Phi) is 4.96. The van der Waals surface area contributed by atoms with Crippen LogP contribution in [0, 0.1) is 5.82 Å². The zero-order valence-corrected chi connectivity index (χ0v) is 12.9. The lowest BCUT2D eigenvalue weighted by Gasteiger charge is -2.04. The van der Waals surface area contributed by atoms with E-state index in [1.807, 2.05) is 30.3 Å². The van der Waals surface area contributed by atoms with E-state index in [9.17, 15) is 9.18 Å². The molecule has 0 bridgehead atoms. The lowest BCUT2D eigenvalue weighted by molar-refractivity contribution is -0.121. The number of benzene rings is 2. The van der Waals surface area contributed by atoms with E-state index in [1.54, 1.807) is 12.1 Å². The highest BCUT2D eigenvalue weighted by Crippen LogP contribution is 2.17. The van der Waals surface area contributed by atoms with Gasteiger partial charge in [0.2, 0.25) is 17.7 Å². The van der Waals surface area contributed by atoms with Gasteiger partial charge in [0.05, 0.1) is 0 Å². The van der Waals surface area contributed by atoms with E-state index >= 15 is 0 Å². The molecule has 0 saturated heterocycles. The lowest BCUT2D eigenvalue weighted by atomic mass is 10.2. The molecule has 6 heteroatoms. The molecule has 3 rings (SSSR count). The van der Waals surface area contributed by atoms with Gasteiger partial charge in [0, 0.05) is 24.9 Å². The fourth-order valence-corrected chi connectivity index (χ4v) is 2.21. The molecule has 0 aliphatic heterocycles. The molecule has 3 aromatic rings. The van der Waals surface area contributed by atoms with Crippen LogP contribution in [0.1, 0.15) is 17.9 Å². The van der Waals surface area contributed by atoms with E-state index in [4.69, 9.17) is 4.42 Å². The molecular weight excluding hydrogens is 309 g/mol. The average molecular weight is 325 g/mol. The van der Waals surface area contributed by atoms with Gasteiger partial charge in [-0.05, 0) is 29.8 Å². The van der Waals surface area contributed by atoms with Crippen molar-refractivity contribution in [2.24, 2.45) is 0 Å². The Hall–Kier alpha value is -3.02. The Balaban J connectivity index is 1.49. The van der Waals surface area contributed by atoms with Crippen LogP contribution in [0.2, 0.25) is 0 Å². The number of rotatable bonds is 6. The highest BCUT2D eigenvalue weighted by atomic mass is 19.1. The Morgan fingerprint density at radius 2 is 1.92 bits per heavy atom. The van der Waals surface area contributed by atoms with Gasteiger partial charge in [-0.3, -0.25) is 4.79 Å². The van der Waals surface area contributed by atoms with Gasteiger partial charge in [0.15, 0.2) is 0 Å². The second kappa shape index (κ2) is 7.50. The van der Waals surface area contributed by atoms with Crippen LogP contribution in [0.3, 0.4) is 0 Å². The van der Waals surface area contributed by atoms with E-state index in [1.165, 1.54) is 12.1 Å². The zero-order chi connectivity index (χ0) is 16.8. The Bertz CT molecular complexity index is 818. The summed E-state index contributed by atoms with van der Waals surface area (Å²) < 4.78 is 18.6. The summed E-state index contributed by atoms with van der Waals surface area (Å²) >= 11 is 0. The summed E-state index contributed by atoms with van der Waals surface area (Å²) in [6.45, 7) is 0.287. The predicted molar refractivity (Wildman–Crippen MR) is 86.3 cm³/mol. The molecule has 0 atom stereocenters. The summed E-state index contributed by atoms with van der Waals surface area (Å²) in [5, 5.41) is 10.7. The van der Waals surface area contributed by atoms with Crippen LogP contribution in [0.25, 0.3) is 11.5 Å². The lowest BCUT2D eigenvalue weighted by Crippen LogP contribution is -2.23. The van der Waals surface area contributed by atoms with Gasteiger partial charge in [-0.1, -0.05) is 30.3 Å². The topological polar surface area (TPSA) is 68.0 Å². The molecule has 0 radical (unpaired) electrons. The molecule has 1 N–H and O–H groups in total. The van der Waals surface area contributed by atoms with Crippen LogP contribution < -0.4 is 5.32 Å². The van der Waals surface area contributed by atoms with Crippen molar-refractivity contribution in [2.45, 2.75) is 19.4 Å². The van der Waals surface area contributed by atoms with Crippen LogP contribution in [0.5, 0.6) is 0 Å². The summed E-state index contributed by atoms with van der Waals surface area (Å²) in [7, 11) is 0. The van der Waals surface area contributed by atoms with Gasteiger partial charge in [0.25, 0.3) is 0 Å². The molecule has 122 valence electrons. The average Bonchev–Trinajstić information content (AvgIpc) is 3.08. The van der Waals surface area contributed by atoms with Gasteiger partial charge >= 0.3 is 0 Å². The molecule has 5 nitrogen and oxygen atoms in total. The van der Waals surface area contributed by atoms with Crippen molar-refractivity contribution in [3.63, 3.8) is 0 Å². The minimum Gasteiger partial charge on any atom is -0.421 e. The van der Waals surface area contributed by atoms with Gasteiger partial charge in [-0.2, -0.15) is 0 Å². The minimum atomic E-state index is -0.318. The summed E-state index contributed by atoms with van der Waals surface area (Å²) in [6, 6.07) is 15.6. The number of aromatic nitrogens is 2. The SMILES string of the molecule is O=C(CCc1nnc(-c2ccccc2)o1)NCc1cccc(F)c1. The maximum Gasteiger partial charge on any atom is 0.247 e. The third-order valence-corrected chi connectivity index (χ3v) is 3.43. The maximum atomic E-state index is 13.1. The zero-order valence-electron chi connectivity index (χ0n) is 12.9. The summed E-state index contributed by atoms with van der Waals surface area (Å²) in [5.74, 6) is 0.375. The number of hydrogen-bond donors (Lipinski definition) is 1. The van der Waals surface area contributed by atoms with E-state index in [2.05, 4.69) is 15.5 Å². The first kappa shape index (κ1) is 15.9. The van der Waals surface area contributed by atoms with Gasteiger partial charge in [0.1, 0.15) is 5.82 Å². The fourth-order valence-electron chi connectivity index (χ4n) is 2.21. The van der Waals surface area contributed by atoms with Crippen molar-refractivity contribution in [3.8, 4) is 11.5 Å². The van der Waals surface area contributed by atoms with Crippen molar-refractivity contribution < 1.29 is 13.6 Å². The Morgan fingerprint density at radius 1 is 1.08 bits per heavy atom. The van der Waals surface area contributed by atoms with Crippen molar-refractivity contribution in [1.82, 2.24) is 15.5 Å². The molecule has 0 fully saturated rings. The summed E-state index contributed by atoms with van der Waals surface area (Å²) in [4.78, 5) is 11.9. The van der Waals surface area contributed by atoms with E-state index in [0.29, 0.717) is 23.8 Å². The molecule has 0 spiro atoms. The number of carbonyl (C=O) groups is 1. The fraction of sp³-hybridized carbons (Fsp3) is 0.167. The molecule has 0 aliphatic carbocycles. The van der Waals surface area contributed by atoms with Crippen molar-refractivity contribution in [2.75, 3.05) is 0 Å². The van der Waals surface area contributed by atoms with Crippen LogP contribution in [-0.4, -0.2) is 16.1 Å². The molecule has 24 heavy (non-hydrogen) atoms. The molecule has 0 saturated carbocycles. The molecule has 1 aromatic heterocycles. The number of aryl methyl sites for hydroxylation is 1. The second-order valence-electron chi connectivity index (χ2n) is 5.27. The van der Waals surface area contributed by atoms with Gasteiger partial charge in [-0.15, -0.1) is 10.2 Å². The quantitative estimate of drug-likeness (QED) is 0.756. The third-order valence-electron chi connectivity index (χ3n) is 3.43. The molecule has 2 aromatic carbocycles. The molecule has 1 amide bonds. The first-order valence-corrected chi connectivity index (χ1v) is 7.59. The van der Waals surface area contributed by atoms with E-state index in [0.717, 1.165) is 5.56 Å². The smallest absolute Gasteiger partial charge is 0.247 e. The molecule has 1 heterocycles. The van der Waals surface area contributed by atoms with Crippen LogP contribution in [0.15, 0.2) is 59.0 Å². The number of halogens is 1. The molecule has 0 aliphatic rings. The largest absolute Gasteiger partial charge is 0.421 e. The number of nitrogens with one attached hydrogen (secondary N) is 1. The molecular formula is C18H16FN3O2. The van der Waals surface area contributed by atoms with Gasteiger partial charge in [-0.25, -0.2) is 4.39 Å². The van der Waals surface area contributed by atoms with Crippen LogP contribution >= 0.6 is 0 Å². The number of nitrogens with zero attached hydrogens (tertiary/aromatic N) is 2. The van der Waals surface area contributed by atoms with Crippen molar-refractivity contribution in [3.05, 3.63) is 71.9 Å². The Labute approximate surface area is 138 Å². The first-order chi connectivity index (χ1) is 11.7. The van der Waals surface area contributed by atoms with Crippen molar-refractivity contribution in [1.29, 1.82) is 0 Å². The van der Waals surface area contributed by atoms with E-state index in [-0.39, 0.29) is 24.7 Å². The standard InChI is InChI=1S/C18H16FN3O2/c19-15-8-4-5-13(11-15)12-20-16(23)9-10-17-21-22-18(24-17)14-6-2-1-3-7-14/h1-8,11H,9-10,12H2,(H,20,23). The summed E-state index contributed by atoms with van der Waals surface area (Å²) in [6.07, 6.45) is 0.584. The van der Waals surface area contributed by atoms with Crippen molar-refractivity contribution >= 4 is 5.91 Å². The number of amides is 1. The monoisotopic (exact) mass is 325 g/mol. The first-order valence-electron chi connectivity index (χ1n) is 7.59. The minimum absolute atomic E-state index is 0.154.